The largest absolute Gasteiger partial charge is 0.349 e. The lowest BCUT2D eigenvalue weighted by atomic mass is 10.2. The van der Waals surface area contributed by atoms with Crippen molar-refractivity contribution in [1.82, 2.24) is 15.0 Å². The molecule has 7 heteroatoms. The number of aromatic nitrogens is 3. The van der Waals surface area contributed by atoms with E-state index in [0.29, 0.717) is 13.1 Å². The highest BCUT2D eigenvalue weighted by Gasteiger charge is 2.15. The molecule has 0 aliphatic rings. The van der Waals surface area contributed by atoms with Crippen LogP contribution in [0.1, 0.15) is 12.0 Å². The second kappa shape index (κ2) is 6.78. The second-order valence-electron chi connectivity index (χ2n) is 4.00. The number of nitriles is 1. The van der Waals surface area contributed by atoms with E-state index in [9.17, 15) is 4.39 Å². The van der Waals surface area contributed by atoms with Gasteiger partial charge in [0.25, 0.3) is 0 Å². The summed E-state index contributed by atoms with van der Waals surface area (Å²) in [5, 5.41) is 8.68. The van der Waals surface area contributed by atoms with Gasteiger partial charge in [0.15, 0.2) is 11.6 Å². The molecule has 0 saturated carbocycles. The summed E-state index contributed by atoms with van der Waals surface area (Å²) >= 11 is 5.71. The number of anilines is 1. The lowest BCUT2D eigenvalue weighted by Gasteiger charge is -2.22. The maximum absolute atomic E-state index is 13.8. The predicted octanol–water partition coefficient (Wildman–Crippen LogP) is 2.58. The van der Waals surface area contributed by atoms with Gasteiger partial charge < -0.3 is 4.90 Å². The summed E-state index contributed by atoms with van der Waals surface area (Å²) in [7, 11) is 0. The molecule has 2 heterocycles. The molecule has 0 saturated heterocycles. The van der Waals surface area contributed by atoms with Crippen LogP contribution in [0, 0.1) is 17.1 Å². The summed E-state index contributed by atoms with van der Waals surface area (Å²) in [6, 6.07) is 5.69. The van der Waals surface area contributed by atoms with E-state index in [0.717, 1.165) is 11.8 Å². The molecule has 0 spiro atoms. The molecule has 2 aromatic heterocycles. The number of hydrogen-bond donors (Lipinski definition) is 0. The summed E-state index contributed by atoms with van der Waals surface area (Å²) in [5.41, 5.74) is 0.888. The van der Waals surface area contributed by atoms with E-state index in [-0.39, 0.29) is 17.5 Å². The van der Waals surface area contributed by atoms with Crippen molar-refractivity contribution in [2.24, 2.45) is 0 Å². The van der Waals surface area contributed by atoms with Gasteiger partial charge in [0, 0.05) is 25.5 Å². The summed E-state index contributed by atoms with van der Waals surface area (Å²) in [4.78, 5) is 13.1. The van der Waals surface area contributed by atoms with E-state index in [4.69, 9.17) is 16.9 Å². The Labute approximate surface area is 120 Å². The number of pyridine rings is 1. The van der Waals surface area contributed by atoms with Crippen molar-refractivity contribution in [1.29, 1.82) is 5.26 Å². The monoisotopic (exact) mass is 291 g/mol. The van der Waals surface area contributed by atoms with Crippen molar-refractivity contribution >= 4 is 17.4 Å². The fourth-order valence-corrected chi connectivity index (χ4v) is 1.84. The van der Waals surface area contributed by atoms with Crippen LogP contribution in [0.5, 0.6) is 0 Å². The standard InChI is InChI=1S/C13H11ClFN5/c14-13-18-8-11(15)12(19-13)20(6-2-4-16)9-10-3-1-5-17-7-10/h1,3,5,7-8H,2,6,9H2. The van der Waals surface area contributed by atoms with Crippen molar-refractivity contribution in [3.8, 4) is 6.07 Å². The molecule has 0 fully saturated rings. The Hall–Kier alpha value is -2.26. The third kappa shape index (κ3) is 3.62. The van der Waals surface area contributed by atoms with Gasteiger partial charge >= 0.3 is 0 Å². The molecular weight excluding hydrogens is 281 g/mol. The Morgan fingerprint density at radius 1 is 1.40 bits per heavy atom. The molecule has 0 atom stereocenters. The fraction of sp³-hybridized carbons (Fsp3) is 0.231. The Morgan fingerprint density at radius 2 is 2.25 bits per heavy atom. The van der Waals surface area contributed by atoms with Gasteiger partial charge in [-0.25, -0.2) is 9.37 Å². The minimum absolute atomic E-state index is 0.0328. The first kappa shape index (κ1) is 14.2. The Kier molecular flexibility index (Phi) is 4.80. The van der Waals surface area contributed by atoms with Crippen molar-refractivity contribution in [2.45, 2.75) is 13.0 Å². The molecule has 5 nitrogen and oxygen atoms in total. The van der Waals surface area contributed by atoms with Crippen LogP contribution in [0.2, 0.25) is 5.28 Å². The van der Waals surface area contributed by atoms with E-state index in [2.05, 4.69) is 15.0 Å². The number of halogens is 2. The van der Waals surface area contributed by atoms with Crippen LogP contribution in [-0.4, -0.2) is 21.5 Å². The van der Waals surface area contributed by atoms with Gasteiger partial charge in [-0.05, 0) is 23.2 Å². The highest BCUT2D eigenvalue weighted by molar-refractivity contribution is 6.28. The summed E-state index contributed by atoms with van der Waals surface area (Å²) in [6.07, 6.45) is 4.61. The van der Waals surface area contributed by atoms with Gasteiger partial charge in [-0.3, -0.25) is 4.98 Å². The van der Waals surface area contributed by atoms with Crippen LogP contribution in [-0.2, 0) is 6.54 Å². The van der Waals surface area contributed by atoms with Crippen LogP contribution in [0.15, 0.2) is 30.7 Å². The molecule has 2 aromatic rings. The molecule has 0 unspecified atom stereocenters. The minimum Gasteiger partial charge on any atom is -0.349 e. The third-order valence-corrected chi connectivity index (χ3v) is 2.77. The zero-order valence-corrected chi connectivity index (χ0v) is 11.3. The lowest BCUT2D eigenvalue weighted by Crippen LogP contribution is -2.26. The van der Waals surface area contributed by atoms with Crippen LogP contribution < -0.4 is 4.90 Å². The van der Waals surface area contributed by atoms with Crippen LogP contribution >= 0.6 is 11.6 Å². The molecule has 0 radical (unpaired) electrons. The van der Waals surface area contributed by atoms with E-state index in [1.165, 1.54) is 0 Å². The van der Waals surface area contributed by atoms with Gasteiger partial charge in [-0.2, -0.15) is 10.2 Å². The zero-order chi connectivity index (χ0) is 14.4. The summed E-state index contributed by atoms with van der Waals surface area (Å²) < 4.78 is 13.8. The van der Waals surface area contributed by atoms with Crippen molar-refractivity contribution in [3.63, 3.8) is 0 Å². The van der Waals surface area contributed by atoms with E-state index in [1.54, 1.807) is 23.4 Å². The molecular formula is C13H11ClFN5. The van der Waals surface area contributed by atoms with Crippen molar-refractivity contribution in [3.05, 3.63) is 47.4 Å². The quantitative estimate of drug-likeness (QED) is 0.792. The SMILES string of the molecule is N#CCCN(Cc1cccnc1)c1nc(Cl)ncc1F. The van der Waals surface area contributed by atoms with Crippen molar-refractivity contribution < 1.29 is 4.39 Å². The first-order valence-electron chi connectivity index (χ1n) is 5.89. The average Bonchev–Trinajstić information content (AvgIpc) is 2.47. The molecule has 0 amide bonds. The maximum atomic E-state index is 13.8. The van der Waals surface area contributed by atoms with Gasteiger partial charge in [-0.1, -0.05) is 6.07 Å². The molecule has 2 rings (SSSR count). The summed E-state index contributed by atoms with van der Waals surface area (Å²) in [6.45, 7) is 0.732. The van der Waals surface area contributed by atoms with Gasteiger partial charge in [0.1, 0.15) is 0 Å². The highest BCUT2D eigenvalue weighted by atomic mass is 35.5. The molecule has 0 aromatic carbocycles. The van der Waals surface area contributed by atoms with Crippen LogP contribution in [0.4, 0.5) is 10.2 Å². The second-order valence-corrected chi connectivity index (χ2v) is 4.34. The lowest BCUT2D eigenvalue weighted by molar-refractivity contribution is 0.600. The van der Waals surface area contributed by atoms with E-state index >= 15 is 0 Å². The van der Waals surface area contributed by atoms with Gasteiger partial charge in [0.2, 0.25) is 5.28 Å². The molecule has 102 valence electrons. The van der Waals surface area contributed by atoms with Crippen LogP contribution in [0.3, 0.4) is 0 Å². The normalized spacial score (nSPS) is 10.1. The molecule has 0 N–H and O–H groups in total. The Bertz CT molecular complexity index is 614. The first-order chi connectivity index (χ1) is 9.70. The van der Waals surface area contributed by atoms with Crippen molar-refractivity contribution in [2.75, 3.05) is 11.4 Å². The minimum atomic E-state index is -0.573. The smallest absolute Gasteiger partial charge is 0.224 e. The number of nitrogens with zero attached hydrogens (tertiary/aromatic N) is 5. The third-order valence-electron chi connectivity index (χ3n) is 2.59. The molecule has 0 bridgehead atoms. The Morgan fingerprint density at radius 3 is 2.95 bits per heavy atom. The first-order valence-corrected chi connectivity index (χ1v) is 6.27. The van der Waals surface area contributed by atoms with Gasteiger partial charge in [-0.15, -0.1) is 0 Å². The molecule has 0 aliphatic carbocycles. The van der Waals surface area contributed by atoms with E-state index < -0.39 is 5.82 Å². The molecule has 0 aliphatic heterocycles. The zero-order valence-electron chi connectivity index (χ0n) is 10.5. The van der Waals surface area contributed by atoms with Crippen LogP contribution in [0.25, 0.3) is 0 Å². The topological polar surface area (TPSA) is 65.7 Å². The number of rotatable bonds is 5. The summed E-state index contributed by atoms with van der Waals surface area (Å²) in [5.74, 6) is -0.486. The maximum Gasteiger partial charge on any atom is 0.224 e. The molecule has 20 heavy (non-hydrogen) atoms. The Balaban J connectivity index is 2.27. The van der Waals surface area contributed by atoms with E-state index in [1.807, 2.05) is 12.1 Å². The average molecular weight is 292 g/mol. The predicted molar refractivity (Wildman–Crippen MR) is 72.5 cm³/mol. The van der Waals surface area contributed by atoms with Gasteiger partial charge in [0.05, 0.1) is 18.7 Å². The fourth-order valence-electron chi connectivity index (χ4n) is 1.72. The number of hydrogen-bond acceptors (Lipinski definition) is 5. The highest BCUT2D eigenvalue weighted by Crippen LogP contribution is 2.19.